The summed E-state index contributed by atoms with van der Waals surface area (Å²) in [5.41, 5.74) is 0.978. The van der Waals surface area contributed by atoms with Crippen LogP contribution in [-0.2, 0) is 9.53 Å². The van der Waals surface area contributed by atoms with Gasteiger partial charge in [0, 0.05) is 22.2 Å². The van der Waals surface area contributed by atoms with Gasteiger partial charge in [-0.05, 0) is 55.3 Å². The van der Waals surface area contributed by atoms with E-state index in [1.807, 2.05) is 0 Å². The number of anilines is 1. The summed E-state index contributed by atoms with van der Waals surface area (Å²) >= 11 is 0.370. The monoisotopic (exact) mass is 420 g/mol. The number of carbonyl (C=O) groups is 3. The molecule has 29 heavy (non-hydrogen) atoms. The first kappa shape index (κ1) is 20.8. The summed E-state index contributed by atoms with van der Waals surface area (Å²) in [4.78, 5) is 36.4. The maximum atomic E-state index is 12.3. The average molecular weight is 420 g/mol. The predicted molar refractivity (Wildman–Crippen MR) is 104 cm³/mol. The van der Waals surface area contributed by atoms with Crippen LogP contribution in [0.5, 0.6) is 0 Å². The Labute approximate surface area is 170 Å². The molecular formula is C20H18F2N2O4S. The van der Waals surface area contributed by atoms with Gasteiger partial charge in [-0.3, -0.25) is 9.59 Å². The SMILES string of the molecule is O=C(COC(=O)c1ccc(SC(F)F)cc1)Nc1cccc(C(=O)NC2CC2)c1. The lowest BCUT2D eigenvalue weighted by Gasteiger charge is -2.09. The number of nitrogens with one attached hydrogen (secondary N) is 2. The Bertz CT molecular complexity index is 902. The van der Waals surface area contributed by atoms with Crippen LogP contribution >= 0.6 is 11.8 Å². The van der Waals surface area contributed by atoms with E-state index in [4.69, 9.17) is 4.74 Å². The number of thioether (sulfide) groups is 1. The van der Waals surface area contributed by atoms with Gasteiger partial charge in [0.1, 0.15) is 0 Å². The van der Waals surface area contributed by atoms with Crippen LogP contribution in [0.25, 0.3) is 0 Å². The molecule has 1 saturated carbocycles. The highest BCUT2D eigenvalue weighted by Gasteiger charge is 2.23. The van der Waals surface area contributed by atoms with Gasteiger partial charge >= 0.3 is 5.97 Å². The van der Waals surface area contributed by atoms with Crippen molar-refractivity contribution in [1.82, 2.24) is 5.32 Å². The molecule has 3 rings (SSSR count). The lowest BCUT2D eigenvalue weighted by molar-refractivity contribution is -0.119. The van der Waals surface area contributed by atoms with Crippen LogP contribution in [0.3, 0.4) is 0 Å². The highest BCUT2D eigenvalue weighted by Crippen LogP contribution is 2.25. The summed E-state index contributed by atoms with van der Waals surface area (Å²) in [6.45, 7) is -0.523. The zero-order valence-corrected chi connectivity index (χ0v) is 16.0. The van der Waals surface area contributed by atoms with Crippen LogP contribution in [0.4, 0.5) is 14.5 Å². The van der Waals surface area contributed by atoms with Gasteiger partial charge in [0.25, 0.3) is 17.6 Å². The number of halogens is 2. The number of benzene rings is 2. The van der Waals surface area contributed by atoms with Crippen molar-refractivity contribution < 1.29 is 27.9 Å². The van der Waals surface area contributed by atoms with Crippen molar-refractivity contribution in [1.29, 1.82) is 0 Å². The lowest BCUT2D eigenvalue weighted by Crippen LogP contribution is -2.25. The molecule has 0 aromatic heterocycles. The van der Waals surface area contributed by atoms with Crippen LogP contribution in [-0.4, -0.2) is 36.2 Å². The molecule has 152 valence electrons. The second-order valence-electron chi connectivity index (χ2n) is 6.36. The van der Waals surface area contributed by atoms with E-state index in [-0.39, 0.29) is 17.5 Å². The third-order valence-electron chi connectivity index (χ3n) is 3.97. The van der Waals surface area contributed by atoms with Crippen molar-refractivity contribution >= 4 is 35.2 Å². The molecule has 9 heteroatoms. The molecule has 0 bridgehead atoms. The van der Waals surface area contributed by atoms with E-state index in [0.29, 0.717) is 27.9 Å². The lowest BCUT2D eigenvalue weighted by atomic mass is 10.2. The van der Waals surface area contributed by atoms with Gasteiger partial charge in [0.05, 0.1) is 5.56 Å². The van der Waals surface area contributed by atoms with Gasteiger partial charge in [-0.15, -0.1) is 0 Å². The number of hydrogen-bond acceptors (Lipinski definition) is 5. The Morgan fingerprint density at radius 1 is 1.07 bits per heavy atom. The van der Waals surface area contributed by atoms with Crippen molar-refractivity contribution in [3.05, 3.63) is 59.7 Å². The van der Waals surface area contributed by atoms with Gasteiger partial charge in [-0.25, -0.2) is 4.79 Å². The number of alkyl halides is 2. The first-order valence-electron chi connectivity index (χ1n) is 8.83. The molecule has 1 fully saturated rings. The smallest absolute Gasteiger partial charge is 0.338 e. The molecule has 0 atom stereocenters. The van der Waals surface area contributed by atoms with E-state index in [1.165, 1.54) is 30.3 Å². The molecule has 1 aliphatic carbocycles. The number of esters is 1. The fourth-order valence-electron chi connectivity index (χ4n) is 2.42. The minimum absolute atomic E-state index is 0.148. The van der Waals surface area contributed by atoms with E-state index in [2.05, 4.69) is 10.6 Å². The summed E-state index contributed by atoms with van der Waals surface area (Å²) in [6.07, 6.45) is 1.95. The molecule has 2 amide bonds. The second-order valence-corrected chi connectivity index (χ2v) is 7.42. The molecule has 2 aromatic carbocycles. The zero-order chi connectivity index (χ0) is 20.8. The van der Waals surface area contributed by atoms with Gasteiger partial charge in [-0.2, -0.15) is 8.78 Å². The first-order chi connectivity index (χ1) is 13.9. The van der Waals surface area contributed by atoms with Crippen molar-refractivity contribution in [2.45, 2.75) is 29.5 Å². The van der Waals surface area contributed by atoms with Crippen LogP contribution in [0.1, 0.15) is 33.6 Å². The topological polar surface area (TPSA) is 84.5 Å². The fraction of sp³-hybridized carbons (Fsp3) is 0.250. The van der Waals surface area contributed by atoms with Crippen molar-refractivity contribution in [3.63, 3.8) is 0 Å². The number of ether oxygens (including phenoxy) is 1. The Morgan fingerprint density at radius 3 is 2.45 bits per heavy atom. The number of amides is 2. The number of hydrogen-bond donors (Lipinski definition) is 2. The molecule has 6 nitrogen and oxygen atoms in total. The molecule has 0 heterocycles. The third-order valence-corrected chi connectivity index (χ3v) is 4.69. The third kappa shape index (κ3) is 6.56. The van der Waals surface area contributed by atoms with Crippen molar-refractivity contribution in [3.8, 4) is 0 Å². The maximum absolute atomic E-state index is 12.3. The summed E-state index contributed by atoms with van der Waals surface area (Å²) in [7, 11) is 0. The molecular weight excluding hydrogens is 402 g/mol. The second kappa shape index (κ2) is 9.51. The largest absolute Gasteiger partial charge is 0.452 e. The van der Waals surface area contributed by atoms with Crippen molar-refractivity contribution in [2.24, 2.45) is 0 Å². The minimum atomic E-state index is -2.55. The van der Waals surface area contributed by atoms with E-state index in [0.717, 1.165) is 12.8 Å². The standard InChI is InChI=1S/C20H18F2N2O4S/c21-20(22)29-16-8-4-12(5-9-16)19(27)28-11-17(25)23-15-3-1-2-13(10-15)18(26)24-14-6-7-14/h1-5,8-10,14,20H,6-7,11H2,(H,23,25)(H,24,26). The molecule has 2 N–H and O–H groups in total. The van der Waals surface area contributed by atoms with Crippen LogP contribution in [0, 0.1) is 0 Å². The molecule has 0 aliphatic heterocycles. The normalized spacial score (nSPS) is 13.1. The molecule has 0 radical (unpaired) electrons. The Balaban J connectivity index is 1.49. The quantitative estimate of drug-likeness (QED) is 0.503. The molecule has 0 unspecified atom stereocenters. The maximum Gasteiger partial charge on any atom is 0.338 e. The molecule has 0 saturated heterocycles. The summed E-state index contributed by atoms with van der Waals surface area (Å²) in [5.74, 6) is -4.06. The number of carbonyl (C=O) groups excluding carboxylic acids is 3. The van der Waals surface area contributed by atoms with Crippen LogP contribution in [0.2, 0.25) is 0 Å². The Kier molecular flexibility index (Phi) is 6.82. The minimum Gasteiger partial charge on any atom is -0.452 e. The summed E-state index contributed by atoms with van der Waals surface area (Å²) in [6, 6.07) is 12.1. The first-order valence-corrected chi connectivity index (χ1v) is 9.71. The van der Waals surface area contributed by atoms with Crippen LogP contribution < -0.4 is 10.6 Å². The van der Waals surface area contributed by atoms with Gasteiger partial charge in [0.15, 0.2) is 6.61 Å². The average Bonchev–Trinajstić information content (AvgIpc) is 3.50. The highest BCUT2D eigenvalue weighted by molar-refractivity contribution is 7.99. The summed E-state index contributed by atoms with van der Waals surface area (Å²) < 4.78 is 29.5. The van der Waals surface area contributed by atoms with E-state index < -0.39 is 24.2 Å². The van der Waals surface area contributed by atoms with Crippen molar-refractivity contribution in [2.75, 3.05) is 11.9 Å². The predicted octanol–water partition coefficient (Wildman–Crippen LogP) is 3.69. The molecule has 1 aliphatic rings. The fourth-order valence-corrected chi connectivity index (χ4v) is 2.92. The van der Waals surface area contributed by atoms with E-state index in [1.54, 1.807) is 18.2 Å². The molecule has 2 aromatic rings. The molecule has 0 spiro atoms. The van der Waals surface area contributed by atoms with Gasteiger partial charge < -0.3 is 15.4 Å². The van der Waals surface area contributed by atoms with Gasteiger partial charge in [-0.1, -0.05) is 17.8 Å². The number of rotatable bonds is 8. The summed E-state index contributed by atoms with van der Waals surface area (Å²) in [5, 5.41) is 5.42. The van der Waals surface area contributed by atoms with E-state index in [9.17, 15) is 23.2 Å². The van der Waals surface area contributed by atoms with Gasteiger partial charge in [0.2, 0.25) is 0 Å². The Morgan fingerprint density at radius 2 is 1.79 bits per heavy atom. The highest BCUT2D eigenvalue weighted by atomic mass is 32.2. The zero-order valence-electron chi connectivity index (χ0n) is 15.2. The Hall–Kier alpha value is -2.94. The van der Waals surface area contributed by atoms with E-state index >= 15 is 0 Å². The van der Waals surface area contributed by atoms with Crippen LogP contribution in [0.15, 0.2) is 53.4 Å².